The number of carbonyl (C=O) groups excluding carboxylic acids is 2. The molecule has 3 aromatic rings. The minimum Gasteiger partial charge on any atom is -0.350 e. The Hall–Kier alpha value is -2.44. The lowest BCUT2D eigenvalue weighted by Gasteiger charge is -2.17. The summed E-state index contributed by atoms with van der Waals surface area (Å²) >= 11 is 19.7. The maximum absolute atomic E-state index is 13.5. The summed E-state index contributed by atoms with van der Waals surface area (Å²) < 4.78 is 0. The fraction of sp³-hybridized carbons (Fsp3) is 0.0833. The third-order valence-corrected chi connectivity index (χ3v) is 7.05. The molecule has 4 nitrogen and oxygen atoms in total. The molecule has 0 saturated heterocycles. The molecule has 0 radical (unpaired) electrons. The lowest BCUT2D eigenvalue weighted by molar-refractivity contribution is -0.120. The van der Waals surface area contributed by atoms with E-state index in [1.165, 1.54) is 11.8 Å². The molecular weight excluding hydrogens is 487 g/mol. The third-order valence-electron chi connectivity index (χ3n) is 4.90. The van der Waals surface area contributed by atoms with E-state index in [4.69, 9.17) is 34.8 Å². The number of carbonyl (C=O) groups is 2. The SMILES string of the molecule is Cc1ccc(C)c(NC2=C(Sc3ccc(Cl)cc3)C(=O)N(c3cccc(Cl)c3Cl)C2=O)c1. The van der Waals surface area contributed by atoms with Gasteiger partial charge in [0.15, 0.2) is 0 Å². The Balaban J connectivity index is 1.80. The zero-order valence-electron chi connectivity index (χ0n) is 17.1. The van der Waals surface area contributed by atoms with E-state index in [1.807, 2.05) is 32.0 Å². The molecule has 1 N–H and O–H groups in total. The molecule has 2 amide bonds. The number of imide groups is 1. The zero-order valence-corrected chi connectivity index (χ0v) is 20.2. The lowest BCUT2D eigenvalue weighted by atomic mass is 10.1. The van der Waals surface area contributed by atoms with Gasteiger partial charge >= 0.3 is 0 Å². The third kappa shape index (κ3) is 4.39. The molecule has 1 heterocycles. The van der Waals surface area contributed by atoms with E-state index in [1.54, 1.807) is 42.5 Å². The first-order valence-electron chi connectivity index (χ1n) is 9.61. The maximum Gasteiger partial charge on any atom is 0.283 e. The summed E-state index contributed by atoms with van der Waals surface area (Å²) in [6, 6.07) is 17.8. The molecule has 0 saturated carbocycles. The second-order valence-corrected chi connectivity index (χ2v) is 9.53. The second kappa shape index (κ2) is 9.20. The van der Waals surface area contributed by atoms with Crippen molar-refractivity contribution in [1.82, 2.24) is 0 Å². The summed E-state index contributed by atoms with van der Waals surface area (Å²) in [6.45, 7) is 3.89. The lowest BCUT2D eigenvalue weighted by Crippen LogP contribution is -2.32. The first kappa shape index (κ1) is 22.7. The molecule has 1 aliphatic rings. The molecule has 0 aromatic heterocycles. The van der Waals surface area contributed by atoms with Crippen molar-refractivity contribution in [3.8, 4) is 0 Å². The average molecular weight is 504 g/mol. The fourth-order valence-electron chi connectivity index (χ4n) is 3.22. The van der Waals surface area contributed by atoms with E-state index in [9.17, 15) is 9.59 Å². The molecule has 8 heteroatoms. The van der Waals surface area contributed by atoms with Crippen molar-refractivity contribution in [2.45, 2.75) is 18.7 Å². The van der Waals surface area contributed by atoms with Gasteiger partial charge in [0.2, 0.25) is 0 Å². The number of nitrogens with zero attached hydrogens (tertiary/aromatic N) is 1. The van der Waals surface area contributed by atoms with E-state index in [0.29, 0.717) is 5.02 Å². The highest BCUT2D eigenvalue weighted by Crippen LogP contribution is 2.41. The molecule has 0 fully saturated rings. The van der Waals surface area contributed by atoms with E-state index < -0.39 is 11.8 Å². The first-order valence-corrected chi connectivity index (χ1v) is 11.6. The predicted molar refractivity (Wildman–Crippen MR) is 133 cm³/mol. The van der Waals surface area contributed by atoms with Crippen LogP contribution in [-0.4, -0.2) is 11.8 Å². The molecule has 3 aromatic carbocycles. The highest BCUT2D eigenvalue weighted by atomic mass is 35.5. The molecule has 162 valence electrons. The van der Waals surface area contributed by atoms with Gasteiger partial charge in [-0.2, -0.15) is 0 Å². The molecular formula is C24H17Cl3N2O2S. The Kier molecular flexibility index (Phi) is 6.54. The van der Waals surface area contributed by atoms with Crippen LogP contribution in [0.25, 0.3) is 0 Å². The standard InChI is InChI=1S/C24H17Cl3N2O2S/c1-13-6-7-14(2)18(12-13)28-21-22(32-16-10-8-15(25)9-11-16)24(31)29(23(21)30)19-5-3-4-17(26)20(19)27/h3-12,28H,1-2H3. The number of anilines is 2. The van der Waals surface area contributed by atoms with Crippen LogP contribution < -0.4 is 10.2 Å². The van der Waals surface area contributed by atoms with Crippen molar-refractivity contribution in [2.75, 3.05) is 10.2 Å². The number of benzene rings is 3. The van der Waals surface area contributed by atoms with Gasteiger partial charge in [0, 0.05) is 15.6 Å². The largest absolute Gasteiger partial charge is 0.350 e. The van der Waals surface area contributed by atoms with Gasteiger partial charge in [-0.3, -0.25) is 9.59 Å². The van der Waals surface area contributed by atoms with Gasteiger partial charge in [-0.15, -0.1) is 0 Å². The number of hydrogen-bond donors (Lipinski definition) is 1. The van der Waals surface area contributed by atoms with Crippen LogP contribution in [0.1, 0.15) is 11.1 Å². The van der Waals surface area contributed by atoms with Gasteiger partial charge in [-0.05, 0) is 67.4 Å². The van der Waals surface area contributed by atoms with E-state index >= 15 is 0 Å². The van der Waals surface area contributed by atoms with Gasteiger partial charge in [0.1, 0.15) is 10.6 Å². The van der Waals surface area contributed by atoms with Crippen molar-refractivity contribution in [1.29, 1.82) is 0 Å². The van der Waals surface area contributed by atoms with E-state index in [-0.39, 0.29) is 26.3 Å². The Bertz CT molecular complexity index is 1270. The van der Waals surface area contributed by atoms with E-state index in [0.717, 1.165) is 26.6 Å². The number of nitrogens with one attached hydrogen (secondary N) is 1. The monoisotopic (exact) mass is 502 g/mol. The maximum atomic E-state index is 13.5. The quantitative estimate of drug-likeness (QED) is 0.372. The summed E-state index contributed by atoms with van der Waals surface area (Å²) in [6.07, 6.45) is 0. The van der Waals surface area contributed by atoms with Crippen LogP contribution in [-0.2, 0) is 9.59 Å². The highest BCUT2D eigenvalue weighted by molar-refractivity contribution is 8.04. The van der Waals surface area contributed by atoms with Crippen molar-refractivity contribution < 1.29 is 9.59 Å². The number of rotatable bonds is 5. The van der Waals surface area contributed by atoms with Crippen LogP contribution in [0.3, 0.4) is 0 Å². The highest BCUT2D eigenvalue weighted by Gasteiger charge is 2.41. The fourth-order valence-corrected chi connectivity index (χ4v) is 4.66. The molecule has 0 aliphatic carbocycles. The van der Waals surface area contributed by atoms with Gasteiger partial charge in [-0.1, -0.05) is 64.8 Å². The summed E-state index contributed by atoms with van der Waals surface area (Å²) in [5.41, 5.74) is 3.13. The Morgan fingerprint density at radius 2 is 1.59 bits per heavy atom. The number of hydrogen-bond acceptors (Lipinski definition) is 4. The van der Waals surface area contributed by atoms with Gasteiger partial charge in [0.05, 0.1) is 15.7 Å². The number of thioether (sulfide) groups is 1. The molecule has 1 aliphatic heterocycles. The molecule has 4 rings (SSSR count). The Labute approximate surface area is 205 Å². The van der Waals surface area contributed by atoms with Crippen molar-refractivity contribution in [3.63, 3.8) is 0 Å². The molecule has 0 atom stereocenters. The summed E-state index contributed by atoms with van der Waals surface area (Å²) in [5.74, 6) is -0.983. The summed E-state index contributed by atoms with van der Waals surface area (Å²) in [5, 5.41) is 4.17. The Morgan fingerprint density at radius 3 is 2.31 bits per heavy atom. The van der Waals surface area contributed by atoms with Crippen LogP contribution in [0, 0.1) is 13.8 Å². The predicted octanol–water partition coefficient (Wildman–Crippen LogP) is 7.25. The Morgan fingerprint density at radius 1 is 0.875 bits per heavy atom. The van der Waals surface area contributed by atoms with Gasteiger partial charge in [-0.25, -0.2) is 4.90 Å². The van der Waals surface area contributed by atoms with Gasteiger partial charge < -0.3 is 5.32 Å². The first-order chi connectivity index (χ1) is 15.3. The number of aryl methyl sites for hydroxylation is 2. The topological polar surface area (TPSA) is 49.4 Å². The van der Waals surface area contributed by atoms with Crippen LogP contribution in [0.2, 0.25) is 15.1 Å². The summed E-state index contributed by atoms with van der Waals surface area (Å²) in [7, 11) is 0. The van der Waals surface area contributed by atoms with Crippen LogP contribution >= 0.6 is 46.6 Å². The van der Waals surface area contributed by atoms with Crippen LogP contribution in [0.15, 0.2) is 76.2 Å². The smallest absolute Gasteiger partial charge is 0.283 e. The average Bonchev–Trinajstić information content (AvgIpc) is 2.98. The normalized spacial score (nSPS) is 13.8. The second-order valence-electron chi connectivity index (χ2n) is 7.22. The molecule has 0 unspecified atom stereocenters. The minimum absolute atomic E-state index is 0.139. The molecule has 0 bridgehead atoms. The molecule has 0 spiro atoms. The number of halogens is 3. The zero-order chi connectivity index (χ0) is 23.0. The van der Waals surface area contributed by atoms with Crippen molar-refractivity contribution in [3.05, 3.63) is 97.5 Å². The van der Waals surface area contributed by atoms with E-state index in [2.05, 4.69) is 5.32 Å². The van der Waals surface area contributed by atoms with Gasteiger partial charge in [0.25, 0.3) is 11.8 Å². The summed E-state index contributed by atoms with van der Waals surface area (Å²) in [4.78, 5) is 29.0. The van der Waals surface area contributed by atoms with Crippen LogP contribution in [0.5, 0.6) is 0 Å². The van der Waals surface area contributed by atoms with Crippen molar-refractivity contribution in [2.24, 2.45) is 0 Å². The minimum atomic E-state index is -0.503. The van der Waals surface area contributed by atoms with Crippen molar-refractivity contribution >= 4 is 69.8 Å². The number of amides is 2. The van der Waals surface area contributed by atoms with Crippen LogP contribution in [0.4, 0.5) is 11.4 Å². The molecule has 32 heavy (non-hydrogen) atoms.